The second-order valence-electron chi connectivity index (χ2n) is 4.77. The number of amides is 1. The molecule has 0 spiro atoms. The molecule has 1 unspecified atom stereocenters. The van der Waals surface area contributed by atoms with Crippen LogP contribution in [0.3, 0.4) is 0 Å². The molecule has 0 radical (unpaired) electrons. The third-order valence-electron chi connectivity index (χ3n) is 2.55. The number of benzene rings is 1. The molecule has 0 aliphatic rings. The Hall–Kier alpha value is -1.30. The molecule has 3 N–H and O–H groups in total. The average molecular weight is 320 g/mol. The number of nitrogens with one attached hydrogen (secondary N) is 1. The number of carbonyl (C=O) groups excluding carboxylic acids is 1. The van der Waals surface area contributed by atoms with E-state index in [2.05, 4.69) is 5.32 Å². The number of halogens is 2. The lowest BCUT2D eigenvalue weighted by molar-refractivity contribution is -0.142. The van der Waals surface area contributed by atoms with Gasteiger partial charge in [-0.3, -0.25) is 9.59 Å². The number of carboxylic acid groups (broad SMARTS) is 1. The highest BCUT2D eigenvalue weighted by Crippen LogP contribution is 2.22. The molecule has 5 nitrogen and oxygen atoms in total. The van der Waals surface area contributed by atoms with E-state index in [9.17, 15) is 14.7 Å². The minimum absolute atomic E-state index is 0.0695. The maximum Gasteiger partial charge on any atom is 0.306 e. The first-order valence-electron chi connectivity index (χ1n) is 5.84. The quantitative estimate of drug-likeness (QED) is 0.747. The van der Waals surface area contributed by atoms with E-state index in [1.807, 2.05) is 0 Å². The molecular formula is C13H15Cl2NO4. The van der Waals surface area contributed by atoms with Gasteiger partial charge >= 0.3 is 5.97 Å². The molecule has 0 saturated carbocycles. The molecule has 1 rings (SSSR count). The van der Waals surface area contributed by atoms with Gasteiger partial charge in [-0.1, -0.05) is 29.3 Å². The van der Waals surface area contributed by atoms with Crippen molar-refractivity contribution < 1.29 is 19.8 Å². The Bertz CT molecular complexity index is 517. The first-order chi connectivity index (χ1) is 9.19. The van der Waals surface area contributed by atoms with E-state index in [4.69, 9.17) is 28.3 Å². The van der Waals surface area contributed by atoms with E-state index >= 15 is 0 Å². The van der Waals surface area contributed by atoms with Gasteiger partial charge in [-0.15, -0.1) is 0 Å². The maximum absolute atomic E-state index is 11.7. The summed E-state index contributed by atoms with van der Waals surface area (Å²) in [4.78, 5) is 22.2. The van der Waals surface area contributed by atoms with Crippen molar-refractivity contribution in [3.8, 4) is 0 Å². The summed E-state index contributed by atoms with van der Waals surface area (Å²) in [6.07, 6.45) is -0.375. The molecule has 1 amide bonds. The monoisotopic (exact) mass is 319 g/mol. The summed E-state index contributed by atoms with van der Waals surface area (Å²) < 4.78 is 0. The lowest BCUT2D eigenvalue weighted by atomic mass is 10.0. The van der Waals surface area contributed by atoms with Crippen molar-refractivity contribution >= 4 is 35.1 Å². The summed E-state index contributed by atoms with van der Waals surface area (Å²) in [5.41, 5.74) is -0.811. The van der Waals surface area contributed by atoms with Crippen molar-refractivity contribution in [2.45, 2.75) is 25.4 Å². The summed E-state index contributed by atoms with van der Waals surface area (Å²) in [5.74, 6) is -1.47. The largest absolute Gasteiger partial charge is 0.481 e. The van der Waals surface area contributed by atoms with E-state index < -0.39 is 18.0 Å². The Kier molecular flexibility index (Phi) is 5.80. The van der Waals surface area contributed by atoms with Crippen molar-refractivity contribution in [3.63, 3.8) is 0 Å². The normalized spacial score (nSPS) is 13.6. The van der Waals surface area contributed by atoms with Gasteiger partial charge in [0.1, 0.15) is 0 Å². The van der Waals surface area contributed by atoms with Crippen LogP contribution in [0.2, 0.25) is 10.0 Å². The van der Waals surface area contributed by atoms with Crippen LogP contribution in [-0.2, 0) is 16.0 Å². The molecule has 0 saturated heterocycles. The molecule has 0 aromatic heterocycles. The predicted octanol–water partition coefficient (Wildman–Crippen LogP) is 1.88. The molecule has 0 aliphatic heterocycles. The van der Waals surface area contributed by atoms with Crippen molar-refractivity contribution in [2.24, 2.45) is 0 Å². The van der Waals surface area contributed by atoms with Crippen LogP contribution in [0.15, 0.2) is 18.2 Å². The number of hydrogen-bond donors (Lipinski definition) is 3. The first kappa shape index (κ1) is 16.8. The van der Waals surface area contributed by atoms with Crippen LogP contribution in [0, 0.1) is 0 Å². The molecule has 110 valence electrons. The zero-order chi connectivity index (χ0) is 15.3. The van der Waals surface area contributed by atoms with Crippen molar-refractivity contribution in [1.82, 2.24) is 5.32 Å². The van der Waals surface area contributed by atoms with E-state index in [1.165, 1.54) is 6.92 Å². The smallest absolute Gasteiger partial charge is 0.306 e. The molecule has 20 heavy (non-hydrogen) atoms. The van der Waals surface area contributed by atoms with Crippen LogP contribution < -0.4 is 5.32 Å². The highest BCUT2D eigenvalue weighted by molar-refractivity contribution is 6.42. The standard InChI is InChI=1S/C13H15Cl2NO4/c1-13(20,6-12(18)19)7-16-11(17)5-8-2-3-9(14)10(15)4-8/h2-4,20H,5-7H2,1H3,(H,16,17)(H,18,19). The summed E-state index contributed by atoms with van der Waals surface area (Å²) in [6.45, 7) is 1.21. The van der Waals surface area contributed by atoms with Crippen LogP contribution in [0.25, 0.3) is 0 Å². The maximum atomic E-state index is 11.7. The Morgan fingerprint density at radius 1 is 1.30 bits per heavy atom. The van der Waals surface area contributed by atoms with Crippen molar-refractivity contribution in [3.05, 3.63) is 33.8 Å². The molecule has 0 aliphatic carbocycles. The number of aliphatic hydroxyl groups is 1. The molecule has 7 heteroatoms. The predicted molar refractivity (Wildman–Crippen MR) is 76.1 cm³/mol. The Morgan fingerprint density at radius 3 is 2.50 bits per heavy atom. The first-order valence-corrected chi connectivity index (χ1v) is 6.60. The lowest BCUT2D eigenvalue weighted by Gasteiger charge is -2.21. The van der Waals surface area contributed by atoms with Gasteiger partial charge in [0.25, 0.3) is 0 Å². The number of hydrogen-bond acceptors (Lipinski definition) is 3. The van der Waals surface area contributed by atoms with Gasteiger partial charge in [-0.2, -0.15) is 0 Å². The van der Waals surface area contributed by atoms with E-state index in [-0.39, 0.29) is 18.9 Å². The minimum atomic E-state index is -1.49. The van der Waals surface area contributed by atoms with Crippen LogP contribution in [0.4, 0.5) is 0 Å². The fourth-order valence-electron chi connectivity index (χ4n) is 1.57. The van der Waals surface area contributed by atoms with E-state index in [1.54, 1.807) is 18.2 Å². The molecule has 1 aromatic carbocycles. The lowest BCUT2D eigenvalue weighted by Crippen LogP contribution is -2.42. The van der Waals surface area contributed by atoms with Gasteiger partial charge < -0.3 is 15.5 Å². The van der Waals surface area contributed by atoms with Gasteiger partial charge in [-0.25, -0.2) is 0 Å². The molecule has 0 heterocycles. The second kappa shape index (κ2) is 6.92. The van der Waals surface area contributed by atoms with Crippen molar-refractivity contribution in [1.29, 1.82) is 0 Å². The third kappa shape index (κ3) is 5.77. The average Bonchev–Trinajstić information content (AvgIpc) is 2.30. The van der Waals surface area contributed by atoms with Crippen LogP contribution in [0.1, 0.15) is 18.9 Å². The third-order valence-corrected chi connectivity index (χ3v) is 3.29. The van der Waals surface area contributed by atoms with Gasteiger partial charge in [-0.05, 0) is 24.6 Å². The molecule has 1 atom stereocenters. The fourth-order valence-corrected chi connectivity index (χ4v) is 1.90. The molecule has 1 aromatic rings. The van der Waals surface area contributed by atoms with Gasteiger partial charge in [0, 0.05) is 6.54 Å². The number of carboxylic acids is 1. The van der Waals surface area contributed by atoms with Crippen LogP contribution in [0.5, 0.6) is 0 Å². The number of rotatable bonds is 6. The van der Waals surface area contributed by atoms with E-state index in [0.29, 0.717) is 15.6 Å². The van der Waals surface area contributed by atoms with Crippen LogP contribution in [-0.4, -0.2) is 34.2 Å². The van der Waals surface area contributed by atoms with Gasteiger partial charge in [0.05, 0.1) is 28.5 Å². The van der Waals surface area contributed by atoms with Crippen LogP contribution >= 0.6 is 23.2 Å². The van der Waals surface area contributed by atoms with E-state index in [0.717, 1.165) is 0 Å². The molecule has 0 bridgehead atoms. The molecule has 0 fully saturated rings. The molecular weight excluding hydrogens is 305 g/mol. The van der Waals surface area contributed by atoms with Gasteiger partial charge in [0.2, 0.25) is 5.91 Å². The highest BCUT2D eigenvalue weighted by Gasteiger charge is 2.24. The topological polar surface area (TPSA) is 86.6 Å². The summed E-state index contributed by atoms with van der Waals surface area (Å²) in [6, 6.07) is 4.84. The SMILES string of the molecule is CC(O)(CNC(=O)Cc1ccc(Cl)c(Cl)c1)CC(=O)O. The number of aliphatic carboxylic acids is 1. The number of carbonyl (C=O) groups is 2. The second-order valence-corrected chi connectivity index (χ2v) is 5.58. The Balaban J connectivity index is 2.51. The zero-order valence-corrected chi connectivity index (χ0v) is 12.3. The fraction of sp³-hybridized carbons (Fsp3) is 0.385. The summed E-state index contributed by atoms with van der Waals surface area (Å²) >= 11 is 11.6. The minimum Gasteiger partial charge on any atom is -0.481 e. The van der Waals surface area contributed by atoms with Gasteiger partial charge in [0.15, 0.2) is 0 Å². The van der Waals surface area contributed by atoms with Crippen molar-refractivity contribution in [2.75, 3.05) is 6.54 Å². The summed E-state index contributed by atoms with van der Waals surface area (Å²) in [7, 11) is 0. The summed E-state index contributed by atoms with van der Waals surface area (Å²) in [5, 5.41) is 21.6. The zero-order valence-electron chi connectivity index (χ0n) is 10.8. The Labute approximate surface area is 126 Å². The highest BCUT2D eigenvalue weighted by atomic mass is 35.5. The Morgan fingerprint density at radius 2 is 1.95 bits per heavy atom.